The van der Waals surface area contributed by atoms with E-state index < -0.39 is 0 Å². The third-order valence-corrected chi connectivity index (χ3v) is 7.81. The summed E-state index contributed by atoms with van der Waals surface area (Å²) in [5.74, 6) is 2.85. The van der Waals surface area contributed by atoms with E-state index in [1.807, 2.05) is 24.4 Å². The summed E-state index contributed by atoms with van der Waals surface area (Å²) in [4.78, 5) is 15.8. The highest BCUT2D eigenvalue weighted by molar-refractivity contribution is 7.98. The van der Waals surface area contributed by atoms with E-state index in [0.717, 1.165) is 38.0 Å². The van der Waals surface area contributed by atoms with Crippen LogP contribution in [0.25, 0.3) is 27.3 Å². The van der Waals surface area contributed by atoms with Gasteiger partial charge in [-0.3, -0.25) is 9.55 Å². The number of benzene rings is 1. The first-order chi connectivity index (χ1) is 16.4. The predicted octanol–water partition coefficient (Wildman–Crippen LogP) is 5.95. The summed E-state index contributed by atoms with van der Waals surface area (Å²) in [7, 11) is 0. The Balaban J connectivity index is 1.57. The first kappa shape index (κ1) is 22.5. The van der Waals surface area contributed by atoms with E-state index in [4.69, 9.17) is 10.7 Å². The topological polar surface area (TPSA) is 95.4 Å². The van der Waals surface area contributed by atoms with Gasteiger partial charge >= 0.3 is 0 Å². The molecule has 5 aromatic rings. The number of nitrogen functional groups attached to an aromatic ring is 1. The molecule has 0 bridgehead atoms. The lowest BCUT2D eigenvalue weighted by atomic mass is 10.0. The molecule has 2 N–H and O–H groups in total. The first-order valence-electron chi connectivity index (χ1n) is 11.0. The lowest BCUT2D eigenvalue weighted by Crippen LogP contribution is -2.05. The molecule has 0 unspecified atom stereocenters. The van der Waals surface area contributed by atoms with Gasteiger partial charge in [-0.05, 0) is 49.1 Å². The van der Waals surface area contributed by atoms with Crippen LogP contribution in [0.5, 0.6) is 0 Å². The first-order valence-corrected chi connectivity index (χ1v) is 12.8. The Kier molecular flexibility index (Phi) is 6.05. The van der Waals surface area contributed by atoms with Gasteiger partial charge in [0.2, 0.25) is 0 Å². The number of nitrogens with zero attached hydrogens (tertiary/aromatic N) is 6. The molecule has 1 aromatic carbocycles. The van der Waals surface area contributed by atoms with E-state index in [1.54, 1.807) is 29.3 Å². The van der Waals surface area contributed by atoms with E-state index in [0.29, 0.717) is 23.3 Å². The van der Waals surface area contributed by atoms with Crippen LogP contribution in [0.3, 0.4) is 0 Å². The molecule has 0 radical (unpaired) electrons. The van der Waals surface area contributed by atoms with Crippen molar-refractivity contribution in [2.24, 2.45) is 0 Å². The third-order valence-electron chi connectivity index (χ3n) is 5.79. The minimum atomic E-state index is 0.342. The molecule has 0 saturated heterocycles. The zero-order chi connectivity index (χ0) is 23.8. The highest BCUT2D eigenvalue weighted by atomic mass is 32.2. The summed E-state index contributed by atoms with van der Waals surface area (Å²) in [6.07, 6.45) is 3.57. The minimum Gasteiger partial charge on any atom is -0.383 e. The second-order valence-corrected chi connectivity index (χ2v) is 10.5. The van der Waals surface area contributed by atoms with Crippen LogP contribution in [0.4, 0.5) is 5.82 Å². The Morgan fingerprint density at radius 3 is 2.65 bits per heavy atom. The number of pyridine rings is 1. The molecular weight excluding hydrogens is 462 g/mol. The van der Waals surface area contributed by atoms with Gasteiger partial charge in [0.25, 0.3) is 0 Å². The average Bonchev–Trinajstić information content (AvgIpc) is 3.38. The molecule has 5 rings (SSSR count). The van der Waals surface area contributed by atoms with Crippen molar-refractivity contribution in [2.45, 2.75) is 44.5 Å². The van der Waals surface area contributed by atoms with Gasteiger partial charge in [0.1, 0.15) is 16.5 Å². The van der Waals surface area contributed by atoms with Gasteiger partial charge in [-0.2, -0.15) is 0 Å². The van der Waals surface area contributed by atoms with Crippen molar-refractivity contribution in [3.05, 3.63) is 70.6 Å². The number of para-hydroxylation sites is 1. The van der Waals surface area contributed by atoms with Crippen molar-refractivity contribution in [1.82, 2.24) is 29.7 Å². The molecule has 0 spiro atoms. The van der Waals surface area contributed by atoms with Crippen LogP contribution < -0.4 is 5.73 Å². The standard InChI is InChI=1S/C25H25N7S2/c1-14(2)18-9-5-6-10-19(18)32-23(17-8-7-11-27-12-17)30-31-25(32)33-13-20-28-22(26)21-15(3)16(4)34-24(21)29-20/h5-12,14H,13H2,1-4H3,(H2,26,28,29). The van der Waals surface area contributed by atoms with Crippen molar-refractivity contribution in [3.63, 3.8) is 0 Å². The largest absolute Gasteiger partial charge is 0.383 e. The van der Waals surface area contributed by atoms with Gasteiger partial charge in [-0.1, -0.05) is 43.8 Å². The normalized spacial score (nSPS) is 11.6. The van der Waals surface area contributed by atoms with E-state index in [9.17, 15) is 0 Å². The third kappa shape index (κ3) is 4.05. The number of aryl methyl sites for hydroxylation is 2. The Morgan fingerprint density at radius 2 is 1.88 bits per heavy atom. The second kappa shape index (κ2) is 9.15. The number of hydrogen-bond donors (Lipinski definition) is 1. The molecular formula is C25H25N7S2. The number of thiophene rings is 1. The molecule has 0 aliphatic rings. The summed E-state index contributed by atoms with van der Waals surface area (Å²) >= 11 is 3.21. The molecule has 0 aliphatic heterocycles. The van der Waals surface area contributed by atoms with Crippen LogP contribution in [0.1, 0.15) is 41.6 Å². The number of rotatable bonds is 6. The maximum Gasteiger partial charge on any atom is 0.196 e. The molecule has 4 heterocycles. The summed E-state index contributed by atoms with van der Waals surface area (Å²) in [5, 5.41) is 10.8. The van der Waals surface area contributed by atoms with Crippen LogP contribution >= 0.6 is 23.1 Å². The molecule has 34 heavy (non-hydrogen) atoms. The fourth-order valence-electron chi connectivity index (χ4n) is 3.96. The highest BCUT2D eigenvalue weighted by Crippen LogP contribution is 2.35. The van der Waals surface area contributed by atoms with Gasteiger partial charge in [0, 0.05) is 22.8 Å². The number of fused-ring (bicyclic) bond motifs is 1. The van der Waals surface area contributed by atoms with Gasteiger partial charge in [-0.25, -0.2) is 9.97 Å². The Hall–Kier alpha value is -3.30. The van der Waals surface area contributed by atoms with E-state index in [1.165, 1.54) is 10.4 Å². The zero-order valence-corrected chi connectivity index (χ0v) is 21.1. The van der Waals surface area contributed by atoms with E-state index >= 15 is 0 Å². The fraction of sp³-hybridized carbons (Fsp3) is 0.240. The number of thioether (sulfide) groups is 1. The highest BCUT2D eigenvalue weighted by Gasteiger charge is 2.20. The quantitative estimate of drug-likeness (QED) is 0.296. The smallest absolute Gasteiger partial charge is 0.196 e. The molecule has 7 nitrogen and oxygen atoms in total. The van der Waals surface area contributed by atoms with E-state index in [2.05, 4.69) is 70.6 Å². The summed E-state index contributed by atoms with van der Waals surface area (Å²) in [5.41, 5.74) is 10.6. The van der Waals surface area contributed by atoms with Crippen molar-refractivity contribution >= 4 is 39.1 Å². The maximum absolute atomic E-state index is 6.30. The lowest BCUT2D eigenvalue weighted by molar-refractivity contribution is 0.818. The van der Waals surface area contributed by atoms with Gasteiger partial charge in [0.05, 0.1) is 16.8 Å². The second-order valence-electron chi connectivity index (χ2n) is 8.37. The van der Waals surface area contributed by atoms with Crippen LogP contribution in [0, 0.1) is 13.8 Å². The molecule has 0 saturated carbocycles. The fourth-order valence-corrected chi connectivity index (χ4v) is 5.82. The van der Waals surface area contributed by atoms with Crippen LogP contribution in [-0.2, 0) is 5.75 Å². The number of anilines is 1. The summed E-state index contributed by atoms with van der Waals surface area (Å²) in [6.45, 7) is 8.54. The van der Waals surface area contributed by atoms with Crippen molar-refractivity contribution in [2.75, 3.05) is 5.73 Å². The van der Waals surface area contributed by atoms with Gasteiger partial charge in [-0.15, -0.1) is 21.5 Å². The molecule has 4 aromatic heterocycles. The lowest BCUT2D eigenvalue weighted by Gasteiger charge is -2.16. The molecule has 0 amide bonds. The van der Waals surface area contributed by atoms with E-state index in [-0.39, 0.29) is 0 Å². The maximum atomic E-state index is 6.30. The monoisotopic (exact) mass is 487 g/mol. The zero-order valence-electron chi connectivity index (χ0n) is 19.5. The molecule has 172 valence electrons. The van der Waals surface area contributed by atoms with Crippen molar-refractivity contribution < 1.29 is 0 Å². The Labute approximate surface area is 206 Å². The minimum absolute atomic E-state index is 0.342. The number of nitrogens with two attached hydrogens (primary N) is 1. The predicted molar refractivity (Wildman–Crippen MR) is 140 cm³/mol. The van der Waals surface area contributed by atoms with Gasteiger partial charge in [0.15, 0.2) is 11.0 Å². The number of aromatic nitrogens is 6. The van der Waals surface area contributed by atoms with Crippen LogP contribution in [0.2, 0.25) is 0 Å². The summed E-state index contributed by atoms with van der Waals surface area (Å²) in [6, 6.07) is 12.3. The van der Waals surface area contributed by atoms with Crippen LogP contribution in [0.15, 0.2) is 53.9 Å². The molecule has 0 fully saturated rings. The Bertz CT molecular complexity index is 1470. The Morgan fingerprint density at radius 1 is 1.06 bits per heavy atom. The van der Waals surface area contributed by atoms with Crippen molar-refractivity contribution in [1.29, 1.82) is 0 Å². The molecule has 0 aliphatic carbocycles. The SMILES string of the molecule is Cc1sc2nc(CSc3nnc(-c4cccnc4)n3-c3ccccc3C(C)C)nc(N)c2c1C. The number of hydrogen-bond acceptors (Lipinski definition) is 8. The van der Waals surface area contributed by atoms with Crippen LogP contribution in [-0.4, -0.2) is 29.7 Å². The molecule has 0 atom stereocenters. The van der Waals surface area contributed by atoms with Gasteiger partial charge < -0.3 is 5.73 Å². The van der Waals surface area contributed by atoms with Crippen molar-refractivity contribution in [3.8, 4) is 17.1 Å². The average molecular weight is 488 g/mol. The molecule has 9 heteroatoms. The summed E-state index contributed by atoms with van der Waals surface area (Å²) < 4.78 is 2.11.